The van der Waals surface area contributed by atoms with E-state index in [-0.39, 0.29) is 22.6 Å². The Kier molecular flexibility index (Phi) is 4.22. The number of amides is 1. The SMILES string of the molecule is N#Cc1c(F)cccc1-n1ccc(NC(=O)c2ccc(F)c(F)c2)n1. The molecule has 1 aromatic heterocycles. The summed E-state index contributed by atoms with van der Waals surface area (Å²) in [5.41, 5.74) is -0.0724. The zero-order valence-electron chi connectivity index (χ0n) is 12.5. The molecule has 0 spiro atoms. The number of anilines is 1. The summed E-state index contributed by atoms with van der Waals surface area (Å²) in [4.78, 5) is 12.0. The van der Waals surface area contributed by atoms with E-state index in [0.29, 0.717) is 0 Å². The summed E-state index contributed by atoms with van der Waals surface area (Å²) < 4.78 is 41.0. The molecule has 3 rings (SSSR count). The molecule has 0 unspecified atom stereocenters. The molecular formula is C17H9F3N4O. The molecule has 0 aliphatic heterocycles. The van der Waals surface area contributed by atoms with E-state index in [1.54, 1.807) is 6.07 Å². The zero-order valence-corrected chi connectivity index (χ0v) is 12.5. The minimum absolute atomic E-state index is 0.0862. The number of hydrogen-bond donors (Lipinski definition) is 1. The molecule has 0 aliphatic rings. The molecule has 0 fully saturated rings. The molecule has 3 aromatic rings. The van der Waals surface area contributed by atoms with Crippen molar-refractivity contribution in [2.45, 2.75) is 0 Å². The average Bonchev–Trinajstić information content (AvgIpc) is 3.05. The molecule has 25 heavy (non-hydrogen) atoms. The molecule has 8 heteroatoms. The second-order valence-electron chi connectivity index (χ2n) is 4.97. The first-order valence-electron chi connectivity index (χ1n) is 7.00. The van der Waals surface area contributed by atoms with Gasteiger partial charge in [-0.15, -0.1) is 0 Å². The maximum Gasteiger partial charge on any atom is 0.256 e. The van der Waals surface area contributed by atoms with Crippen molar-refractivity contribution in [1.82, 2.24) is 9.78 Å². The molecular weight excluding hydrogens is 333 g/mol. The Labute approximate surface area is 139 Å². The van der Waals surface area contributed by atoms with E-state index in [0.717, 1.165) is 24.3 Å². The summed E-state index contributed by atoms with van der Waals surface area (Å²) in [6, 6.07) is 9.98. The van der Waals surface area contributed by atoms with E-state index in [2.05, 4.69) is 10.4 Å². The van der Waals surface area contributed by atoms with Crippen LogP contribution >= 0.6 is 0 Å². The molecule has 0 saturated heterocycles. The minimum Gasteiger partial charge on any atom is -0.305 e. The number of nitriles is 1. The molecule has 124 valence electrons. The molecule has 0 bridgehead atoms. The number of aromatic nitrogens is 2. The average molecular weight is 342 g/mol. The zero-order chi connectivity index (χ0) is 18.0. The lowest BCUT2D eigenvalue weighted by molar-refractivity contribution is 0.102. The van der Waals surface area contributed by atoms with Crippen LogP contribution in [0.1, 0.15) is 15.9 Å². The van der Waals surface area contributed by atoms with Gasteiger partial charge in [-0.1, -0.05) is 6.07 Å². The van der Waals surface area contributed by atoms with Gasteiger partial charge in [0.05, 0.1) is 5.69 Å². The highest BCUT2D eigenvalue weighted by molar-refractivity contribution is 6.03. The van der Waals surface area contributed by atoms with E-state index in [9.17, 15) is 18.0 Å². The van der Waals surface area contributed by atoms with Gasteiger partial charge in [-0.3, -0.25) is 4.79 Å². The summed E-state index contributed by atoms with van der Waals surface area (Å²) in [5, 5.41) is 15.5. The van der Waals surface area contributed by atoms with E-state index < -0.39 is 23.4 Å². The fourth-order valence-electron chi connectivity index (χ4n) is 2.16. The highest BCUT2D eigenvalue weighted by Crippen LogP contribution is 2.18. The maximum atomic E-state index is 13.6. The quantitative estimate of drug-likeness (QED) is 0.793. The van der Waals surface area contributed by atoms with Crippen molar-refractivity contribution in [2.75, 3.05) is 5.32 Å². The van der Waals surface area contributed by atoms with Gasteiger partial charge in [0, 0.05) is 17.8 Å². The highest BCUT2D eigenvalue weighted by Gasteiger charge is 2.14. The van der Waals surface area contributed by atoms with Gasteiger partial charge in [-0.25, -0.2) is 17.9 Å². The lowest BCUT2D eigenvalue weighted by atomic mass is 10.2. The molecule has 0 radical (unpaired) electrons. The highest BCUT2D eigenvalue weighted by atomic mass is 19.2. The second kappa shape index (κ2) is 6.49. The van der Waals surface area contributed by atoms with Crippen LogP contribution in [0.4, 0.5) is 19.0 Å². The first-order valence-corrected chi connectivity index (χ1v) is 7.00. The number of carbonyl (C=O) groups is 1. The largest absolute Gasteiger partial charge is 0.305 e. The minimum atomic E-state index is -1.14. The Hall–Kier alpha value is -3.60. The maximum absolute atomic E-state index is 13.6. The van der Waals surface area contributed by atoms with Gasteiger partial charge in [0.15, 0.2) is 17.5 Å². The van der Waals surface area contributed by atoms with E-state index in [4.69, 9.17) is 5.26 Å². The van der Waals surface area contributed by atoms with Gasteiger partial charge in [0.25, 0.3) is 5.91 Å². The standard InChI is InChI=1S/C17H9F3N4O/c18-12-2-1-3-15(11(12)9-21)24-7-6-16(23-24)22-17(25)10-4-5-13(19)14(20)8-10/h1-8H,(H,22,23,25). The Morgan fingerprint density at radius 2 is 1.88 bits per heavy atom. The smallest absolute Gasteiger partial charge is 0.256 e. The monoisotopic (exact) mass is 342 g/mol. The number of nitrogens with one attached hydrogen (secondary N) is 1. The van der Waals surface area contributed by atoms with Crippen LogP contribution in [0.2, 0.25) is 0 Å². The van der Waals surface area contributed by atoms with Crippen LogP contribution in [-0.2, 0) is 0 Å². The first kappa shape index (κ1) is 16.3. The first-order chi connectivity index (χ1) is 12.0. The molecule has 1 N–H and O–H groups in total. The molecule has 1 heterocycles. The van der Waals surface area contributed by atoms with Gasteiger partial charge < -0.3 is 5.32 Å². The van der Waals surface area contributed by atoms with Gasteiger partial charge in [0.1, 0.15) is 17.4 Å². The molecule has 5 nitrogen and oxygen atoms in total. The Bertz CT molecular complexity index is 1010. The predicted molar refractivity (Wildman–Crippen MR) is 82.5 cm³/mol. The number of carbonyl (C=O) groups excluding carboxylic acids is 1. The van der Waals surface area contributed by atoms with Crippen LogP contribution in [0.5, 0.6) is 0 Å². The summed E-state index contributed by atoms with van der Waals surface area (Å²) in [7, 11) is 0. The Morgan fingerprint density at radius 3 is 2.60 bits per heavy atom. The molecule has 1 amide bonds. The second-order valence-corrected chi connectivity index (χ2v) is 4.97. The van der Waals surface area contributed by atoms with Gasteiger partial charge >= 0.3 is 0 Å². The van der Waals surface area contributed by atoms with Crippen molar-refractivity contribution in [3.8, 4) is 11.8 Å². The topological polar surface area (TPSA) is 70.7 Å². The van der Waals surface area contributed by atoms with Crippen molar-refractivity contribution < 1.29 is 18.0 Å². The van der Waals surface area contributed by atoms with Crippen molar-refractivity contribution >= 4 is 11.7 Å². The predicted octanol–water partition coefficient (Wildman–Crippen LogP) is 3.41. The molecule has 2 aromatic carbocycles. The molecule has 0 saturated carbocycles. The summed E-state index contributed by atoms with van der Waals surface area (Å²) in [6.07, 6.45) is 1.43. The lowest BCUT2D eigenvalue weighted by Crippen LogP contribution is -2.13. The normalized spacial score (nSPS) is 10.3. The van der Waals surface area contributed by atoms with Crippen molar-refractivity contribution in [3.05, 3.63) is 77.2 Å². The number of benzene rings is 2. The van der Waals surface area contributed by atoms with Crippen LogP contribution < -0.4 is 5.32 Å². The van der Waals surface area contributed by atoms with Gasteiger partial charge in [-0.05, 0) is 30.3 Å². The number of rotatable bonds is 3. The van der Waals surface area contributed by atoms with Crippen LogP contribution in [-0.4, -0.2) is 15.7 Å². The van der Waals surface area contributed by atoms with Crippen LogP contribution in [0, 0.1) is 28.8 Å². The number of halogens is 3. The van der Waals surface area contributed by atoms with Gasteiger partial charge in [-0.2, -0.15) is 10.4 Å². The third-order valence-electron chi connectivity index (χ3n) is 3.36. The van der Waals surface area contributed by atoms with E-state index in [1.807, 2.05) is 0 Å². The summed E-state index contributed by atoms with van der Waals surface area (Å²) in [6.45, 7) is 0. The van der Waals surface area contributed by atoms with Crippen LogP contribution in [0.15, 0.2) is 48.7 Å². The van der Waals surface area contributed by atoms with Gasteiger partial charge in [0.2, 0.25) is 0 Å². The number of hydrogen-bond acceptors (Lipinski definition) is 3. The van der Waals surface area contributed by atoms with Crippen molar-refractivity contribution in [1.29, 1.82) is 5.26 Å². The Morgan fingerprint density at radius 1 is 1.08 bits per heavy atom. The van der Waals surface area contributed by atoms with Crippen LogP contribution in [0.3, 0.4) is 0 Å². The van der Waals surface area contributed by atoms with Crippen LogP contribution in [0.25, 0.3) is 5.69 Å². The van der Waals surface area contributed by atoms with E-state index in [1.165, 1.54) is 29.1 Å². The molecule has 0 atom stereocenters. The Balaban J connectivity index is 1.85. The summed E-state index contributed by atoms with van der Waals surface area (Å²) in [5.74, 6) is -3.48. The van der Waals surface area contributed by atoms with Crippen molar-refractivity contribution in [3.63, 3.8) is 0 Å². The summed E-state index contributed by atoms with van der Waals surface area (Å²) >= 11 is 0. The third kappa shape index (κ3) is 3.21. The number of nitrogens with zero attached hydrogens (tertiary/aromatic N) is 3. The molecule has 0 aliphatic carbocycles. The third-order valence-corrected chi connectivity index (χ3v) is 3.36. The fourth-order valence-corrected chi connectivity index (χ4v) is 2.16. The fraction of sp³-hybridized carbons (Fsp3) is 0. The van der Waals surface area contributed by atoms with Crippen molar-refractivity contribution in [2.24, 2.45) is 0 Å². The lowest BCUT2D eigenvalue weighted by Gasteiger charge is -2.05. The van der Waals surface area contributed by atoms with E-state index >= 15 is 0 Å².